The Morgan fingerprint density at radius 2 is 1.11 bits per heavy atom. The normalized spacial score (nSPS) is 22.9. The topological polar surface area (TPSA) is 208 Å². The number of nitrogens with two attached hydrogens (primary N) is 2. The van der Waals surface area contributed by atoms with Crippen molar-refractivity contribution in [1.82, 2.24) is 40.3 Å². The number of rotatable bonds is 8. The molecule has 8 N–H and O–H groups in total. The molecule has 0 radical (unpaired) electrons. The zero-order valence-corrected chi connectivity index (χ0v) is 32.1. The maximum Gasteiger partial charge on any atom is 0.181 e. The molecule has 16 heteroatoms. The minimum absolute atomic E-state index is 0.190. The van der Waals surface area contributed by atoms with Crippen LogP contribution in [0.1, 0.15) is 53.4 Å². The van der Waals surface area contributed by atoms with Crippen molar-refractivity contribution in [1.29, 1.82) is 0 Å². The van der Waals surface area contributed by atoms with E-state index in [1.807, 2.05) is 21.9 Å². The number of aromatic amines is 2. The fourth-order valence-electron chi connectivity index (χ4n) is 8.05. The lowest BCUT2D eigenvalue weighted by Gasteiger charge is -2.45. The zero-order valence-electron chi connectivity index (χ0n) is 32.1. The summed E-state index contributed by atoms with van der Waals surface area (Å²) in [6.45, 7) is 10.3. The summed E-state index contributed by atoms with van der Waals surface area (Å²) < 4.78 is 29.2. The van der Waals surface area contributed by atoms with Crippen LogP contribution in [0.5, 0.6) is 0 Å². The molecule has 56 heavy (non-hydrogen) atoms. The van der Waals surface area contributed by atoms with Crippen molar-refractivity contribution in [3.63, 3.8) is 0 Å². The highest BCUT2D eigenvalue weighted by molar-refractivity contribution is 5.90. The quantitative estimate of drug-likeness (QED) is 0.122. The molecular weight excluding hydrogens is 719 g/mol. The Morgan fingerprint density at radius 3 is 1.50 bits per heavy atom. The van der Waals surface area contributed by atoms with Gasteiger partial charge in [0.05, 0.1) is 22.6 Å². The van der Waals surface area contributed by atoms with Gasteiger partial charge in [-0.05, 0) is 86.1 Å². The lowest BCUT2D eigenvalue weighted by Crippen LogP contribution is -2.61. The molecular formula is C40H50F2N12O2. The van der Waals surface area contributed by atoms with E-state index in [9.17, 15) is 19.0 Å². The van der Waals surface area contributed by atoms with Gasteiger partial charge in [-0.1, -0.05) is 27.7 Å². The summed E-state index contributed by atoms with van der Waals surface area (Å²) in [6, 6.07) is 12.7. The standard InChI is InChI=1S/2C20H25FN6O/c2*1-12(2)10-20(28)11-27(9-7-15(20)22)16-6-5-14(21)18(24-16)17-13-4-3-8-23-19(13)26-25-17/h2*3-6,8,12,15,28H,7,9-11,22H2,1-2H3,(H,23,25,26)/t2*15-,20-/m10/s1. The number of piperidine rings is 2. The Hall–Kier alpha value is -5.16. The van der Waals surface area contributed by atoms with Crippen LogP contribution in [-0.4, -0.2) is 100 Å². The molecule has 0 amide bonds. The van der Waals surface area contributed by atoms with Crippen LogP contribution in [0.4, 0.5) is 20.4 Å². The Kier molecular flexibility index (Phi) is 11.0. The van der Waals surface area contributed by atoms with Crippen molar-refractivity contribution in [3.8, 4) is 22.8 Å². The van der Waals surface area contributed by atoms with Gasteiger partial charge in [0, 0.05) is 61.4 Å². The molecule has 8 rings (SSSR count). The molecule has 4 atom stereocenters. The van der Waals surface area contributed by atoms with Gasteiger partial charge in [-0.2, -0.15) is 10.2 Å². The van der Waals surface area contributed by atoms with Gasteiger partial charge < -0.3 is 31.5 Å². The van der Waals surface area contributed by atoms with Gasteiger partial charge in [0.1, 0.15) is 23.0 Å². The molecule has 14 nitrogen and oxygen atoms in total. The van der Waals surface area contributed by atoms with E-state index < -0.39 is 22.8 Å². The van der Waals surface area contributed by atoms with Crippen LogP contribution < -0.4 is 21.3 Å². The van der Waals surface area contributed by atoms with E-state index in [0.717, 1.165) is 0 Å². The Bertz CT molecular complexity index is 2140. The molecule has 0 aliphatic carbocycles. The minimum Gasteiger partial charge on any atom is -0.386 e. The number of β-amino-alcohol motifs (C(OH)–C–C–N with tert-alkyl or cyclic N) is 2. The van der Waals surface area contributed by atoms with Crippen molar-refractivity contribution < 1.29 is 19.0 Å². The van der Waals surface area contributed by atoms with Crippen LogP contribution in [0.3, 0.4) is 0 Å². The second-order valence-electron chi connectivity index (χ2n) is 16.0. The van der Waals surface area contributed by atoms with Crippen LogP contribution in [0, 0.1) is 23.5 Å². The Labute approximate surface area is 323 Å². The molecule has 2 aliphatic rings. The van der Waals surface area contributed by atoms with E-state index in [2.05, 4.69) is 68.0 Å². The number of nitrogens with zero attached hydrogens (tertiary/aromatic N) is 8. The van der Waals surface area contributed by atoms with Crippen molar-refractivity contribution in [3.05, 3.63) is 72.6 Å². The smallest absolute Gasteiger partial charge is 0.181 e. The molecule has 296 valence electrons. The lowest BCUT2D eigenvalue weighted by atomic mass is 9.81. The maximum absolute atomic E-state index is 14.6. The largest absolute Gasteiger partial charge is 0.386 e. The molecule has 0 bridgehead atoms. The van der Waals surface area contributed by atoms with Crippen LogP contribution in [0.2, 0.25) is 0 Å². The number of H-pyrrole nitrogens is 2. The first kappa shape index (κ1) is 39.1. The van der Waals surface area contributed by atoms with Gasteiger partial charge in [-0.25, -0.2) is 28.7 Å². The average molecular weight is 769 g/mol. The van der Waals surface area contributed by atoms with E-state index in [1.54, 1.807) is 36.7 Å². The summed E-state index contributed by atoms with van der Waals surface area (Å²) in [7, 11) is 0. The van der Waals surface area contributed by atoms with E-state index in [4.69, 9.17) is 11.5 Å². The van der Waals surface area contributed by atoms with Crippen molar-refractivity contribution in [2.24, 2.45) is 23.3 Å². The molecule has 0 saturated carbocycles. The van der Waals surface area contributed by atoms with E-state index >= 15 is 0 Å². The maximum atomic E-state index is 14.6. The molecule has 6 aromatic rings. The number of nitrogens with one attached hydrogen (secondary N) is 2. The van der Waals surface area contributed by atoms with E-state index in [0.29, 0.717) is 109 Å². The molecule has 0 aromatic carbocycles. The summed E-state index contributed by atoms with van der Waals surface area (Å²) in [5, 5.41) is 37.6. The van der Waals surface area contributed by atoms with Crippen molar-refractivity contribution >= 4 is 33.7 Å². The number of hydrogen-bond donors (Lipinski definition) is 6. The van der Waals surface area contributed by atoms with Crippen LogP contribution in [0.25, 0.3) is 44.8 Å². The molecule has 8 heterocycles. The second kappa shape index (κ2) is 15.8. The molecule has 6 aromatic heterocycles. The summed E-state index contributed by atoms with van der Waals surface area (Å²) in [4.78, 5) is 21.4. The van der Waals surface area contributed by atoms with Crippen LogP contribution >= 0.6 is 0 Å². The first-order chi connectivity index (χ1) is 26.7. The van der Waals surface area contributed by atoms with Crippen LogP contribution in [-0.2, 0) is 0 Å². The average Bonchev–Trinajstić information content (AvgIpc) is 3.79. The van der Waals surface area contributed by atoms with Gasteiger partial charge in [-0.15, -0.1) is 0 Å². The highest BCUT2D eigenvalue weighted by Crippen LogP contribution is 2.34. The molecule has 2 fully saturated rings. The third kappa shape index (κ3) is 7.91. The van der Waals surface area contributed by atoms with E-state index in [1.165, 1.54) is 12.1 Å². The predicted octanol–water partition coefficient (Wildman–Crippen LogP) is 4.95. The summed E-state index contributed by atoms with van der Waals surface area (Å²) in [5.41, 5.74) is 12.8. The third-order valence-corrected chi connectivity index (χ3v) is 10.7. The number of aliphatic hydroxyl groups is 2. The van der Waals surface area contributed by atoms with E-state index in [-0.39, 0.29) is 23.5 Å². The lowest BCUT2D eigenvalue weighted by molar-refractivity contribution is -0.0111. The first-order valence-corrected chi connectivity index (χ1v) is 19.1. The number of aromatic nitrogens is 8. The third-order valence-electron chi connectivity index (χ3n) is 10.7. The first-order valence-electron chi connectivity index (χ1n) is 19.1. The van der Waals surface area contributed by atoms with Gasteiger partial charge in [0.25, 0.3) is 0 Å². The number of fused-ring (bicyclic) bond motifs is 2. The number of halogens is 2. The molecule has 2 saturated heterocycles. The number of hydrogen-bond acceptors (Lipinski definition) is 12. The Balaban J connectivity index is 0.000000172. The molecule has 0 unspecified atom stereocenters. The van der Waals surface area contributed by atoms with Gasteiger partial charge >= 0.3 is 0 Å². The van der Waals surface area contributed by atoms with Crippen molar-refractivity contribution in [2.75, 3.05) is 36.0 Å². The molecule has 0 spiro atoms. The SMILES string of the molecule is CC(C)C[C@@]1(O)CN(c2ccc(F)c(-c3[nH]nc4ncccc34)n2)CC[C@H]1N.CC(C)C[C@]1(O)CN(c2ccc(F)c(-c3[nH]nc4ncccc34)n2)CC[C@@H]1N. The van der Waals surface area contributed by atoms with Gasteiger partial charge in [0.2, 0.25) is 0 Å². The van der Waals surface area contributed by atoms with Gasteiger partial charge in [-0.3, -0.25) is 10.2 Å². The number of anilines is 2. The zero-order chi connectivity index (χ0) is 39.8. The van der Waals surface area contributed by atoms with Crippen LogP contribution in [0.15, 0.2) is 60.9 Å². The second-order valence-corrected chi connectivity index (χ2v) is 16.0. The Morgan fingerprint density at radius 1 is 0.696 bits per heavy atom. The highest BCUT2D eigenvalue weighted by atomic mass is 19.1. The number of pyridine rings is 4. The summed E-state index contributed by atoms with van der Waals surface area (Å²) in [6.07, 6.45) is 5.79. The fourth-order valence-corrected chi connectivity index (χ4v) is 8.05. The molecule has 2 aliphatic heterocycles. The van der Waals surface area contributed by atoms with Crippen molar-refractivity contribution in [2.45, 2.75) is 76.7 Å². The monoisotopic (exact) mass is 768 g/mol. The highest BCUT2D eigenvalue weighted by Gasteiger charge is 2.42. The summed E-state index contributed by atoms with van der Waals surface area (Å²) >= 11 is 0. The summed E-state index contributed by atoms with van der Waals surface area (Å²) in [5.74, 6) is 0.969. The predicted molar refractivity (Wildman–Crippen MR) is 213 cm³/mol. The minimum atomic E-state index is -0.993. The van der Waals surface area contributed by atoms with Gasteiger partial charge in [0.15, 0.2) is 22.9 Å². The fraction of sp³-hybridized carbons (Fsp3) is 0.450.